The molecule has 0 atom stereocenters. The van der Waals surface area contributed by atoms with Gasteiger partial charge in [0.1, 0.15) is 0 Å². The van der Waals surface area contributed by atoms with Crippen molar-refractivity contribution in [3.05, 3.63) is 169 Å². The van der Waals surface area contributed by atoms with Crippen molar-refractivity contribution in [3.63, 3.8) is 0 Å². The van der Waals surface area contributed by atoms with Crippen molar-refractivity contribution in [2.75, 3.05) is 9.80 Å². The predicted molar refractivity (Wildman–Crippen MR) is 183 cm³/mol. The monoisotopic (exact) mass is 556 g/mol. The van der Waals surface area contributed by atoms with Crippen molar-refractivity contribution in [2.45, 2.75) is 32.1 Å². The van der Waals surface area contributed by atoms with E-state index < -0.39 is 0 Å². The van der Waals surface area contributed by atoms with Gasteiger partial charge in [0.25, 0.3) is 0 Å². The molecule has 6 aromatic carbocycles. The van der Waals surface area contributed by atoms with Crippen LogP contribution in [0.5, 0.6) is 0 Å². The zero-order valence-corrected chi connectivity index (χ0v) is 24.8. The van der Waals surface area contributed by atoms with Crippen LogP contribution in [0.1, 0.15) is 37.8 Å². The molecular weight excluding hydrogens is 520 g/mol. The van der Waals surface area contributed by atoms with Crippen LogP contribution >= 0.6 is 0 Å². The predicted octanol–water partition coefficient (Wildman–Crippen LogP) is 11.7. The third-order valence-electron chi connectivity index (χ3n) is 8.81. The van der Waals surface area contributed by atoms with E-state index in [0.717, 1.165) is 35.6 Å². The minimum absolute atomic E-state index is 0.108. The number of hydrogen-bond acceptors (Lipinski definition) is 2. The first-order valence-electron chi connectivity index (χ1n) is 15.3. The first kappa shape index (κ1) is 26.8. The molecule has 0 fully saturated rings. The Balaban J connectivity index is 1.37. The molecule has 0 radical (unpaired) electrons. The lowest BCUT2D eigenvalue weighted by Crippen LogP contribution is -2.21. The number of benzene rings is 6. The van der Waals surface area contributed by atoms with Crippen LogP contribution in [0.4, 0.5) is 34.1 Å². The quantitative estimate of drug-likeness (QED) is 0.184. The van der Waals surface area contributed by atoms with E-state index in [1.165, 1.54) is 33.6 Å². The van der Waals surface area contributed by atoms with Gasteiger partial charge in [0.05, 0.1) is 0 Å². The molecule has 43 heavy (non-hydrogen) atoms. The first-order valence-corrected chi connectivity index (χ1v) is 15.3. The van der Waals surface area contributed by atoms with E-state index in [1.807, 2.05) is 0 Å². The Kier molecular flexibility index (Phi) is 7.04. The number of nitrogens with zero attached hydrogens (tertiary/aromatic N) is 2. The summed E-state index contributed by atoms with van der Waals surface area (Å²) in [5.74, 6) is 0. The highest BCUT2D eigenvalue weighted by atomic mass is 15.1. The Hall–Kier alpha value is -5.08. The molecule has 0 spiro atoms. The third-order valence-corrected chi connectivity index (χ3v) is 8.81. The topological polar surface area (TPSA) is 6.48 Å². The number of hydrogen-bond donors (Lipinski definition) is 0. The van der Waals surface area contributed by atoms with Gasteiger partial charge in [0.2, 0.25) is 0 Å². The largest absolute Gasteiger partial charge is 0.310 e. The fraction of sp³-hybridized carbons (Fsp3) is 0.122. The summed E-state index contributed by atoms with van der Waals surface area (Å²) in [4.78, 5) is 4.74. The van der Waals surface area contributed by atoms with Gasteiger partial charge in [-0.25, -0.2) is 0 Å². The van der Waals surface area contributed by atoms with Crippen LogP contribution < -0.4 is 9.80 Å². The fourth-order valence-electron chi connectivity index (χ4n) is 6.84. The van der Waals surface area contributed by atoms with Crippen molar-refractivity contribution < 1.29 is 0 Å². The Morgan fingerprint density at radius 3 is 1.05 bits per heavy atom. The van der Waals surface area contributed by atoms with Crippen LogP contribution in [0.3, 0.4) is 0 Å². The fourth-order valence-corrected chi connectivity index (χ4v) is 6.84. The molecule has 210 valence electrons. The maximum absolute atomic E-state index is 2.44. The van der Waals surface area contributed by atoms with Gasteiger partial charge in [-0.05, 0) is 101 Å². The van der Waals surface area contributed by atoms with Gasteiger partial charge in [-0.1, -0.05) is 105 Å². The van der Waals surface area contributed by atoms with E-state index in [-0.39, 0.29) is 5.41 Å². The highest BCUT2D eigenvalue weighted by molar-refractivity contribution is 5.88. The van der Waals surface area contributed by atoms with Crippen LogP contribution in [0.15, 0.2) is 158 Å². The summed E-state index contributed by atoms with van der Waals surface area (Å²) >= 11 is 0. The number of para-hydroxylation sites is 4. The van der Waals surface area contributed by atoms with Crippen LogP contribution in [-0.2, 0) is 5.41 Å². The third kappa shape index (κ3) is 4.79. The smallest absolute Gasteiger partial charge is 0.0465 e. The number of fused-ring (bicyclic) bond motifs is 3. The molecule has 0 saturated heterocycles. The Bertz CT molecular complexity index is 1620. The zero-order chi connectivity index (χ0) is 29.2. The second-order valence-electron chi connectivity index (χ2n) is 11.6. The van der Waals surface area contributed by atoms with Crippen LogP contribution in [0.25, 0.3) is 11.1 Å². The number of rotatable bonds is 8. The van der Waals surface area contributed by atoms with Gasteiger partial charge in [-0.2, -0.15) is 0 Å². The van der Waals surface area contributed by atoms with Gasteiger partial charge in [0, 0.05) is 39.5 Å². The highest BCUT2D eigenvalue weighted by Gasteiger charge is 2.39. The van der Waals surface area contributed by atoms with Crippen molar-refractivity contribution in [1.29, 1.82) is 0 Å². The molecule has 0 heterocycles. The normalized spacial score (nSPS) is 12.8. The molecule has 0 amide bonds. The van der Waals surface area contributed by atoms with E-state index in [4.69, 9.17) is 0 Å². The lowest BCUT2D eigenvalue weighted by molar-refractivity contribution is 0.524. The summed E-state index contributed by atoms with van der Waals surface area (Å²) in [6, 6.07) is 56.9. The standard InChI is InChI=1S/C41H36N2/c1-3-28-41(2)39-29-35(42(31-16-8-4-9-17-31)32-18-10-5-11-19-32)24-26-37(39)38-27-25-36(30-40(38)41)43(33-20-12-6-13-21-33)34-22-14-7-15-23-34/h4-27,29-30H,3,28H2,1-2H3. The Morgan fingerprint density at radius 2 is 0.744 bits per heavy atom. The van der Waals surface area contributed by atoms with Crippen molar-refractivity contribution in [1.82, 2.24) is 0 Å². The van der Waals surface area contributed by atoms with E-state index in [1.54, 1.807) is 0 Å². The SMILES string of the molecule is CCCC1(C)c2cc(N(c3ccccc3)c3ccccc3)ccc2-c2ccc(N(c3ccccc3)c3ccccc3)cc21. The van der Waals surface area contributed by atoms with Crippen molar-refractivity contribution in [3.8, 4) is 11.1 Å². The van der Waals surface area contributed by atoms with E-state index in [2.05, 4.69) is 181 Å². The lowest BCUT2D eigenvalue weighted by Gasteiger charge is -2.31. The lowest BCUT2D eigenvalue weighted by atomic mass is 9.76. The van der Waals surface area contributed by atoms with Gasteiger partial charge in [-0.15, -0.1) is 0 Å². The summed E-state index contributed by atoms with van der Waals surface area (Å²) in [5.41, 5.74) is 12.4. The van der Waals surface area contributed by atoms with Gasteiger partial charge >= 0.3 is 0 Å². The summed E-state index contributed by atoms with van der Waals surface area (Å²) in [7, 11) is 0. The average molecular weight is 557 g/mol. The van der Waals surface area contributed by atoms with E-state index in [0.29, 0.717) is 0 Å². The maximum Gasteiger partial charge on any atom is 0.0465 e. The molecule has 2 heteroatoms. The van der Waals surface area contributed by atoms with Crippen LogP contribution in [0, 0.1) is 0 Å². The second-order valence-corrected chi connectivity index (χ2v) is 11.6. The Morgan fingerprint density at radius 1 is 0.419 bits per heavy atom. The van der Waals surface area contributed by atoms with Crippen molar-refractivity contribution in [2.24, 2.45) is 0 Å². The molecule has 0 aliphatic heterocycles. The molecule has 0 saturated carbocycles. The Labute approximate surface area is 255 Å². The van der Waals surface area contributed by atoms with Crippen LogP contribution in [-0.4, -0.2) is 0 Å². The molecule has 7 rings (SSSR count). The van der Waals surface area contributed by atoms with Gasteiger partial charge < -0.3 is 9.80 Å². The average Bonchev–Trinajstić information content (AvgIpc) is 3.30. The highest BCUT2D eigenvalue weighted by Crippen LogP contribution is 2.54. The molecule has 1 aliphatic carbocycles. The maximum atomic E-state index is 2.44. The summed E-state index contributed by atoms with van der Waals surface area (Å²) in [5, 5.41) is 0. The summed E-state index contributed by atoms with van der Waals surface area (Å²) < 4.78 is 0. The van der Waals surface area contributed by atoms with Crippen LogP contribution in [0.2, 0.25) is 0 Å². The van der Waals surface area contributed by atoms with Crippen molar-refractivity contribution >= 4 is 34.1 Å². The minimum Gasteiger partial charge on any atom is -0.310 e. The van der Waals surface area contributed by atoms with Gasteiger partial charge in [-0.3, -0.25) is 0 Å². The summed E-state index contributed by atoms with van der Waals surface area (Å²) in [6.45, 7) is 4.75. The molecular formula is C41H36N2. The molecule has 6 aromatic rings. The molecule has 0 N–H and O–H groups in total. The molecule has 0 bridgehead atoms. The second kappa shape index (κ2) is 11.3. The molecule has 0 unspecified atom stereocenters. The molecule has 1 aliphatic rings. The summed E-state index contributed by atoms with van der Waals surface area (Å²) in [6.07, 6.45) is 2.18. The molecule has 2 nitrogen and oxygen atoms in total. The minimum atomic E-state index is -0.108. The zero-order valence-electron chi connectivity index (χ0n) is 24.8. The van der Waals surface area contributed by atoms with E-state index >= 15 is 0 Å². The first-order chi connectivity index (χ1) is 21.2. The van der Waals surface area contributed by atoms with E-state index in [9.17, 15) is 0 Å². The van der Waals surface area contributed by atoms with Gasteiger partial charge in [0.15, 0.2) is 0 Å². The number of anilines is 6. The molecule has 0 aromatic heterocycles.